The van der Waals surface area contributed by atoms with Gasteiger partial charge in [0.1, 0.15) is 11.8 Å². The highest BCUT2D eigenvalue weighted by Crippen LogP contribution is 2.17. The summed E-state index contributed by atoms with van der Waals surface area (Å²) in [5.74, 6) is 0.532. The number of nitriles is 1. The Hall–Kier alpha value is -3.00. The second-order valence-corrected chi connectivity index (χ2v) is 4.42. The van der Waals surface area contributed by atoms with Crippen LogP contribution < -0.4 is 15.4 Å². The molecule has 2 amide bonds. The van der Waals surface area contributed by atoms with Crippen molar-refractivity contribution in [2.75, 3.05) is 17.2 Å². The van der Waals surface area contributed by atoms with E-state index < -0.39 is 0 Å². The fraction of sp³-hybridized carbons (Fsp3) is 0.125. The van der Waals surface area contributed by atoms with E-state index in [0.29, 0.717) is 11.4 Å². The molecule has 0 radical (unpaired) electrons. The Labute approximate surface area is 123 Å². The van der Waals surface area contributed by atoms with Gasteiger partial charge in [-0.15, -0.1) is 0 Å². The third-order valence-corrected chi connectivity index (χ3v) is 2.70. The van der Waals surface area contributed by atoms with Gasteiger partial charge in [-0.3, -0.25) is 0 Å². The third-order valence-electron chi connectivity index (χ3n) is 2.70. The lowest BCUT2D eigenvalue weighted by Gasteiger charge is -2.09. The molecule has 0 bridgehead atoms. The molecule has 0 spiro atoms. The molecule has 0 unspecified atom stereocenters. The van der Waals surface area contributed by atoms with E-state index in [-0.39, 0.29) is 12.6 Å². The fourth-order valence-corrected chi connectivity index (χ4v) is 1.71. The number of ether oxygens (including phenoxy) is 1. The number of hydrogen-bond acceptors (Lipinski definition) is 3. The number of carbonyl (C=O) groups excluding carboxylic acids is 1. The van der Waals surface area contributed by atoms with Crippen molar-refractivity contribution in [2.24, 2.45) is 0 Å². The van der Waals surface area contributed by atoms with Gasteiger partial charge in [0.05, 0.1) is 0 Å². The summed E-state index contributed by atoms with van der Waals surface area (Å²) >= 11 is 0. The number of urea groups is 1. The zero-order valence-corrected chi connectivity index (χ0v) is 11.6. The van der Waals surface area contributed by atoms with Gasteiger partial charge in [0.2, 0.25) is 0 Å². The summed E-state index contributed by atoms with van der Waals surface area (Å²) in [6.07, 6.45) is 0. The maximum atomic E-state index is 11.9. The molecule has 5 heteroatoms. The van der Waals surface area contributed by atoms with Crippen LogP contribution in [0.2, 0.25) is 0 Å². The normalized spacial score (nSPS) is 9.52. The molecule has 5 nitrogen and oxygen atoms in total. The van der Waals surface area contributed by atoms with Gasteiger partial charge in [0.15, 0.2) is 6.61 Å². The van der Waals surface area contributed by atoms with Crippen LogP contribution >= 0.6 is 0 Å². The van der Waals surface area contributed by atoms with Gasteiger partial charge in [-0.2, -0.15) is 5.26 Å². The summed E-state index contributed by atoms with van der Waals surface area (Å²) in [7, 11) is 0. The highest BCUT2D eigenvalue weighted by Gasteiger charge is 2.03. The van der Waals surface area contributed by atoms with Crippen molar-refractivity contribution in [1.29, 1.82) is 5.26 Å². The number of anilines is 2. The number of nitrogens with zero attached hydrogens (tertiary/aromatic N) is 1. The van der Waals surface area contributed by atoms with Crippen molar-refractivity contribution in [2.45, 2.75) is 6.92 Å². The summed E-state index contributed by atoms with van der Waals surface area (Å²) in [6.45, 7) is 1.95. The molecule has 0 aromatic heterocycles. The second kappa shape index (κ2) is 6.96. The average Bonchev–Trinajstić information content (AvgIpc) is 2.48. The third kappa shape index (κ3) is 4.55. The van der Waals surface area contributed by atoms with Crippen LogP contribution in [0.1, 0.15) is 5.56 Å². The second-order valence-electron chi connectivity index (χ2n) is 4.42. The molecule has 2 rings (SSSR count). The van der Waals surface area contributed by atoms with E-state index in [2.05, 4.69) is 10.6 Å². The SMILES string of the molecule is Cc1ccc(NC(=O)Nc2cccc(OCC#N)c2)cc1. The predicted molar refractivity (Wildman–Crippen MR) is 81.4 cm³/mol. The predicted octanol–water partition coefficient (Wildman–Crippen LogP) is 3.54. The number of hydrogen-bond donors (Lipinski definition) is 2. The molecule has 0 aliphatic heterocycles. The lowest BCUT2D eigenvalue weighted by molar-refractivity contribution is 0.262. The van der Waals surface area contributed by atoms with Gasteiger partial charge in [0.25, 0.3) is 0 Å². The van der Waals surface area contributed by atoms with Gasteiger partial charge in [-0.25, -0.2) is 4.79 Å². The Morgan fingerprint density at radius 3 is 2.57 bits per heavy atom. The first-order valence-corrected chi connectivity index (χ1v) is 6.42. The number of nitrogens with one attached hydrogen (secondary N) is 2. The van der Waals surface area contributed by atoms with Crippen LogP contribution in [0.5, 0.6) is 5.75 Å². The van der Waals surface area contributed by atoms with Crippen molar-refractivity contribution in [3.63, 3.8) is 0 Å². The van der Waals surface area contributed by atoms with Crippen LogP contribution in [-0.2, 0) is 0 Å². The first-order valence-electron chi connectivity index (χ1n) is 6.42. The van der Waals surface area contributed by atoms with Crippen LogP contribution in [0.3, 0.4) is 0 Å². The molecule has 2 aromatic carbocycles. The maximum Gasteiger partial charge on any atom is 0.323 e. The number of benzene rings is 2. The van der Waals surface area contributed by atoms with Crippen molar-refractivity contribution in [3.8, 4) is 11.8 Å². The van der Waals surface area contributed by atoms with Crippen LogP contribution in [0.15, 0.2) is 48.5 Å². The fourth-order valence-electron chi connectivity index (χ4n) is 1.71. The van der Waals surface area contributed by atoms with Gasteiger partial charge < -0.3 is 15.4 Å². The van der Waals surface area contributed by atoms with Crippen molar-refractivity contribution in [3.05, 3.63) is 54.1 Å². The van der Waals surface area contributed by atoms with Gasteiger partial charge in [0, 0.05) is 17.4 Å². The molecule has 2 aromatic rings. The quantitative estimate of drug-likeness (QED) is 0.900. The highest BCUT2D eigenvalue weighted by atomic mass is 16.5. The van der Waals surface area contributed by atoms with E-state index in [1.807, 2.05) is 37.3 Å². The van der Waals surface area contributed by atoms with E-state index in [9.17, 15) is 4.79 Å². The Balaban J connectivity index is 1.96. The molecule has 0 aliphatic rings. The van der Waals surface area contributed by atoms with Crippen molar-refractivity contribution < 1.29 is 9.53 Å². The number of carbonyl (C=O) groups is 1. The van der Waals surface area contributed by atoms with E-state index in [4.69, 9.17) is 10.00 Å². The summed E-state index contributed by atoms with van der Waals surface area (Å²) in [5.41, 5.74) is 2.44. The standard InChI is InChI=1S/C16H15N3O2/c1-12-5-7-13(8-6-12)18-16(20)19-14-3-2-4-15(11-14)21-10-9-17/h2-8,11H,10H2,1H3,(H2,18,19,20). The van der Waals surface area contributed by atoms with E-state index in [0.717, 1.165) is 11.3 Å². The van der Waals surface area contributed by atoms with Gasteiger partial charge in [-0.1, -0.05) is 23.8 Å². The number of aryl methyl sites for hydroxylation is 1. The monoisotopic (exact) mass is 281 g/mol. The molecular formula is C16H15N3O2. The maximum absolute atomic E-state index is 11.9. The number of rotatable bonds is 4. The van der Waals surface area contributed by atoms with Crippen LogP contribution in [0.25, 0.3) is 0 Å². The van der Waals surface area contributed by atoms with Crippen LogP contribution in [0, 0.1) is 18.3 Å². The Morgan fingerprint density at radius 1 is 1.14 bits per heavy atom. The first kappa shape index (κ1) is 14.4. The van der Waals surface area contributed by atoms with Crippen LogP contribution in [-0.4, -0.2) is 12.6 Å². The summed E-state index contributed by atoms with van der Waals surface area (Å²) in [5, 5.41) is 13.9. The van der Waals surface area contributed by atoms with Crippen molar-refractivity contribution >= 4 is 17.4 Å². The average molecular weight is 281 g/mol. The topological polar surface area (TPSA) is 74.2 Å². The molecule has 2 N–H and O–H groups in total. The first-order chi connectivity index (χ1) is 10.2. The summed E-state index contributed by atoms with van der Waals surface area (Å²) in [4.78, 5) is 11.9. The Morgan fingerprint density at radius 2 is 1.86 bits per heavy atom. The molecule has 0 heterocycles. The summed E-state index contributed by atoms with van der Waals surface area (Å²) < 4.78 is 5.18. The largest absolute Gasteiger partial charge is 0.479 e. The Kier molecular flexibility index (Phi) is 4.78. The van der Waals surface area contributed by atoms with Gasteiger partial charge in [-0.05, 0) is 31.2 Å². The zero-order valence-electron chi connectivity index (χ0n) is 11.6. The molecule has 21 heavy (non-hydrogen) atoms. The Bertz CT molecular complexity index is 660. The van der Waals surface area contributed by atoms with E-state index in [1.165, 1.54) is 0 Å². The zero-order chi connectivity index (χ0) is 15.1. The van der Waals surface area contributed by atoms with Gasteiger partial charge >= 0.3 is 6.03 Å². The number of amides is 2. The van der Waals surface area contributed by atoms with Crippen LogP contribution in [0.4, 0.5) is 16.2 Å². The van der Waals surface area contributed by atoms with E-state index in [1.54, 1.807) is 24.3 Å². The highest BCUT2D eigenvalue weighted by molar-refractivity contribution is 5.99. The molecule has 0 saturated carbocycles. The lowest BCUT2D eigenvalue weighted by atomic mass is 10.2. The lowest BCUT2D eigenvalue weighted by Crippen LogP contribution is -2.19. The minimum Gasteiger partial charge on any atom is -0.479 e. The molecule has 0 fully saturated rings. The molecule has 0 atom stereocenters. The van der Waals surface area contributed by atoms with Crippen molar-refractivity contribution in [1.82, 2.24) is 0 Å². The molecule has 0 saturated heterocycles. The molecule has 106 valence electrons. The molecule has 0 aliphatic carbocycles. The van der Waals surface area contributed by atoms with E-state index >= 15 is 0 Å². The minimum absolute atomic E-state index is 0.0288. The minimum atomic E-state index is -0.337. The summed E-state index contributed by atoms with van der Waals surface area (Å²) in [6, 6.07) is 15.9. The smallest absolute Gasteiger partial charge is 0.323 e. The molecular weight excluding hydrogens is 266 g/mol.